The van der Waals surface area contributed by atoms with E-state index in [0.29, 0.717) is 45.5 Å². The van der Waals surface area contributed by atoms with Gasteiger partial charge in [0, 0.05) is 19.7 Å². The van der Waals surface area contributed by atoms with Gasteiger partial charge in [-0.3, -0.25) is 0 Å². The molecule has 0 saturated heterocycles. The Kier molecular flexibility index (Phi) is 10.5. The summed E-state index contributed by atoms with van der Waals surface area (Å²) in [6, 6.07) is 3.71. The van der Waals surface area contributed by atoms with E-state index in [0.717, 1.165) is 18.8 Å². The fraction of sp³-hybridized carbons (Fsp3) is 0.714. The van der Waals surface area contributed by atoms with Crippen molar-refractivity contribution in [3.8, 4) is 5.88 Å². The maximum atomic E-state index is 5.43. The van der Waals surface area contributed by atoms with E-state index in [2.05, 4.69) is 15.5 Å². The lowest BCUT2D eigenvalue weighted by Crippen LogP contribution is -2.14. The van der Waals surface area contributed by atoms with Gasteiger partial charge in [-0.05, 0) is 12.6 Å². The van der Waals surface area contributed by atoms with Crippen LogP contribution in [0.15, 0.2) is 12.1 Å². The van der Waals surface area contributed by atoms with Gasteiger partial charge in [0.2, 0.25) is 5.88 Å². The van der Waals surface area contributed by atoms with Crippen molar-refractivity contribution in [2.75, 3.05) is 53.3 Å². The lowest BCUT2D eigenvalue weighted by Gasteiger charge is -2.07. The van der Waals surface area contributed by atoms with Gasteiger partial charge in [-0.25, -0.2) is 0 Å². The van der Waals surface area contributed by atoms with Gasteiger partial charge < -0.3 is 24.3 Å². The smallest absolute Gasteiger partial charge is 0.233 e. The van der Waals surface area contributed by atoms with Crippen molar-refractivity contribution in [2.24, 2.45) is 0 Å². The number of nitrogens with zero attached hydrogens (tertiary/aromatic N) is 2. The van der Waals surface area contributed by atoms with Gasteiger partial charge in [-0.1, -0.05) is 6.92 Å². The number of rotatable bonds is 13. The van der Waals surface area contributed by atoms with E-state index in [4.69, 9.17) is 18.9 Å². The van der Waals surface area contributed by atoms with Crippen LogP contribution in [0.3, 0.4) is 0 Å². The molecule has 1 aromatic heterocycles. The van der Waals surface area contributed by atoms with Gasteiger partial charge in [0.05, 0.1) is 38.7 Å². The molecule has 1 heterocycles. The molecular formula is C14H25N3O4. The molecule has 0 aromatic carbocycles. The number of methoxy groups -OCH3 is 1. The lowest BCUT2D eigenvalue weighted by atomic mass is 10.4. The molecule has 0 saturated carbocycles. The summed E-state index contributed by atoms with van der Waals surface area (Å²) in [6.07, 6.45) is 0. The van der Waals surface area contributed by atoms with Gasteiger partial charge in [-0.15, -0.1) is 5.10 Å². The molecule has 0 bridgehead atoms. The van der Waals surface area contributed by atoms with Gasteiger partial charge in [0.25, 0.3) is 0 Å². The molecule has 1 aromatic rings. The first-order valence-electron chi connectivity index (χ1n) is 7.17. The van der Waals surface area contributed by atoms with E-state index in [1.807, 2.05) is 19.1 Å². The minimum absolute atomic E-state index is 0.444. The van der Waals surface area contributed by atoms with E-state index >= 15 is 0 Å². The second kappa shape index (κ2) is 12.5. The Bertz CT molecular complexity index is 349. The third-order valence-corrected chi connectivity index (χ3v) is 2.53. The molecule has 0 fully saturated rings. The van der Waals surface area contributed by atoms with Crippen molar-refractivity contribution in [1.82, 2.24) is 15.5 Å². The number of hydrogen-bond acceptors (Lipinski definition) is 7. The fourth-order valence-electron chi connectivity index (χ4n) is 1.44. The van der Waals surface area contributed by atoms with E-state index in [1.54, 1.807) is 7.11 Å². The average molecular weight is 299 g/mol. The molecule has 0 aliphatic carbocycles. The molecule has 120 valence electrons. The van der Waals surface area contributed by atoms with Crippen LogP contribution in [0.4, 0.5) is 0 Å². The lowest BCUT2D eigenvalue weighted by molar-refractivity contribution is 0.0176. The zero-order valence-corrected chi connectivity index (χ0v) is 12.8. The summed E-state index contributed by atoms with van der Waals surface area (Å²) in [5, 5.41) is 11.2. The molecule has 0 aliphatic heterocycles. The van der Waals surface area contributed by atoms with Crippen molar-refractivity contribution < 1.29 is 18.9 Å². The Labute approximate surface area is 125 Å². The highest BCUT2D eigenvalue weighted by molar-refractivity contribution is 5.11. The second-order valence-electron chi connectivity index (χ2n) is 4.21. The van der Waals surface area contributed by atoms with E-state index in [1.165, 1.54) is 0 Å². The van der Waals surface area contributed by atoms with Crippen LogP contribution >= 0.6 is 0 Å². The summed E-state index contributed by atoms with van der Waals surface area (Å²) in [7, 11) is 1.65. The van der Waals surface area contributed by atoms with Crippen LogP contribution in [0.25, 0.3) is 0 Å². The first kappa shape index (κ1) is 17.8. The quantitative estimate of drug-likeness (QED) is 0.536. The molecule has 0 amide bonds. The number of aromatic nitrogens is 2. The zero-order valence-electron chi connectivity index (χ0n) is 12.8. The van der Waals surface area contributed by atoms with Crippen molar-refractivity contribution in [1.29, 1.82) is 0 Å². The second-order valence-corrected chi connectivity index (χ2v) is 4.21. The number of ether oxygens (including phenoxy) is 4. The van der Waals surface area contributed by atoms with Crippen LogP contribution in [0, 0.1) is 0 Å². The molecule has 7 heteroatoms. The Balaban J connectivity index is 1.99. The minimum atomic E-state index is 0.444. The first-order chi connectivity index (χ1) is 10.4. The van der Waals surface area contributed by atoms with Crippen LogP contribution in [-0.2, 0) is 20.8 Å². The molecular weight excluding hydrogens is 274 g/mol. The predicted molar refractivity (Wildman–Crippen MR) is 78.4 cm³/mol. The van der Waals surface area contributed by atoms with Crippen LogP contribution in [0.2, 0.25) is 0 Å². The van der Waals surface area contributed by atoms with E-state index < -0.39 is 0 Å². The molecule has 7 nitrogen and oxygen atoms in total. The van der Waals surface area contributed by atoms with Gasteiger partial charge >= 0.3 is 0 Å². The molecule has 0 atom stereocenters. The molecule has 0 radical (unpaired) electrons. The molecule has 0 spiro atoms. The van der Waals surface area contributed by atoms with Crippen molar-refractivity contribution >= 4 is 0 Å². The highest BCUT2D eigenvalue weighted by Crippen LogP contribution is 2.04. The van der Waals surface area contributed by atoms with Crippen LogP contribution in [0.1, 0.15) is 12.6 Å². The summed E-state index contributed by atoms with van der Waals surface area (Å²) >= 11 is 0. The maximum Gasteiger partial charge on any atom is 0.233 e. The Hall–Kier alpha value is -1.28. The average Bonchev–Trinajstić information content (AvgIpc) is 2.52. The van der Waals surface area contributed by atoms with Crippen LogP contribution in [0.5, 0.6) is 5.88 Å². The van der Waals surface area contributed by atoms with Crippen molar-refractivity contribution in [3.63, 3.8) is 0 Å². The van der Waals surface area contributed by atoms with Gasteiger partial charge in [0.1, 0.15) is 6.61 Å². The monoisotopic (exact) mass is 299 g/mol. The minimum Gasteiger partial charge on any atom is -0.474 e. The third-order valence-electron chi connectivity index (χ3n) is 2.53. The molecule has 0 aliphatic rings. The third kappa shape index (κ3) is 9.30. The van der Waals surface area contributed by atoms with Crippen LogP contribution < -0.4 is 10.1 Å². The molecule has 0 unspecified atom stereocenters. The molecule has 21 heavy (non-hydrogen) atoms. The van der Waals surface area contributed by atoms with E-state index in [9.17, 15) is 0 Å². The summed E-state index contributed by atoms with van der Waals surface area (Å²) in [5.41, 5.74) is 0.897. The zero-order chi connectivity index (χ0) is 15.2. The van der Waals surface area contributed by atoms with E-state index in [-0.39, 0.29) is 0 Å². The van der Waals surface area contributed by atoms with Gasteiger partial charge in [0.15, 0.2) is 0 Å². The highest BCUT2D eigenvalue weighted by atomic mass is 16.6. The summed E-state index contributed by atoms with van der Waals surface area (Å²) in [6.45, 7) is 6.91. The first-order valence-corrected chi connectivity index (χ1v) is 7.17. The summed E-state index contributed by atoms with van der Waals surface area (Å²) < 4.78 is 20.9. The number of nitrogens with one attached hydrogen (secondary N) is 1. The van der Waals surface area contributed by atoms with Crippen molar-refractivity contribution in [2.45, 2.75) is 13.5 Å². The normalized spacial score (nSPS) is 10.8. The predicted octanol–water partition coefficient (Wildman–Crippen LogP) is 0.645. The largest absolute Gasteiger partial charge is 0.474 e. The Morgan fingerprint density at radius 1 is 0.952 bits per heavy atom. The molecule has 1 N–H and O–H groups in total. The fourth-order valence-corrected chi connectivity index (χ4v) is 1.44. The standard InChI is InChI=1S/C14H25N3O4/c1-3-15-12-13-4-5-14(17-16-13)21-11-10-20-9-8-19-7-6-18-2/h4-5,15H,3,6-12H2,1-2H3. The number of hydrogen-bond donors (Lipinski definition) is 1. The van der Waals surface area contributed by atoms with Gasteiger partial charge in [-0.2, -0.15) is 5.10 Å². The summed E-state index contributed by atoms with van der Waals surface area (Å²) in [5.74, 6) is 0.509. The topological polar surface area (TPSA) is 74.7 Å². The summed E-state index contributed by atoms with van der Waals surface area (Å²) in [4.78, 5) is 0. The Morgan fingerprint density at radius 2 is 1.67 bits per heavy atom. The highest BCUT2D eigenvalue weighted by Gasteiger charge is 1.98. The van der Waals surface area contributed by atoms with Crippen LogP contribution in [-0.4, -0.2) is 63.5 Å². The molecule has 1 rings (SSSR count). The maximum absolute atomic E-state index is 5.43. The Morgan fingerprint density at radius 3 is 2.29 bits per heavy atom. The SMILES string of the molecule is CCNCc1ccc(OCCOCCOCCOC)nn1. The van der Waals surface area contributed by atoms with Crippen molar-refractivity contribution in [3.05, 3.63) is 17.8 Å².